The van der Waals surface area contributed by atoms with Gasteiger partial charge in [0, 0.05) is 21.1 Å². The van der Waals surface area contributed by atoms with Gasteiger partial charge in [0.15, 0.2) is 0 Å². The summed E-state index contributed by atoms with van der Waals surface area (Å²) in [5.41, 5.74) is 0. The van der Waals surface area contributed by atoms with Gasteiger partial charge in [-0.15, -0.1) is 0 Å². The summed E-state index contributed by atoms with van der Waals surface area (Å²) in [4.78, 5) is 20.2. The lowest BCUT2D eigenvalue weighted by atomic mass is 10.4. The zero-order chi connectivity index (χ0) is 22.7. The number of carbonyl (C=O) groups excluding carboxylic acids is 1. The van der Waals surface area contributed by atoms with Crippen LogP contribution in [0.1, 0.15) is 0 Å². The third-order valence-electron chi connectivity index (χ3n) is 3.81. The van der Waals surface area contributed by atoms with Gasteiger partial charge in [0.1, 0.15) is 9.79 Å². The van der Waals surface area contributed by atoms with E-state index in [1.165, 1.54) is 53.6 Å². The van der Waals surface area contributed by atoms with Crippen LogP contribution in [0, 0.1) is 0 Å². The molecule has 164 valence electrons. The van der Waals surface area contributed by atoms with Crippen LogP contribution in [0.2, 0.25) is 0 Å². The van der Waals surface area contributed by atoms with Crippen molar-refractivity contribution in [1.82, 2.24) is 19.0 Å². The number of aromatic nitrogens is 2. The van der Waals surface area contributed by atoms with Crippen LogP contribution >= 0.6 is 0 Å². The van der Waals surface area contributed by atoms with Gasteiger partial charge in [0.05, 0.1) is 20.3 Å². The molecule has 0 saturated carbocycles. The van der Waals surface area contributed by atoms with Crippen LogP contribution in [0.25, 0.3) is 0 Å². The predicted octanol–water partition coefficient (Wildman–Crippen LogP) is 0.279. The van der Waals surface area contributed by atoms with Crippen LogP contribution in [0.3, 0.4) is 0 Å². The summed E-state index contributed by atoms with van der Waals surface area (Å²) >= 11 is 0. The number of sulfonamides is 2. The summed E-state index contributed by atoms with van der Waals surface area (Å²) in [5.74, 6) is -0.0309. The average Bonchev–Trinajstić information content (AvgIpc) is 2.72. The zero-order valence-electron chi connectivity index (χ0n) is 16.8. The number of rotatable bonds is 7. The second-order valence-corrected chi connectivity index (χ2v) is 9.73. The number of hydrogen-bond acceptors (Lipinski definition) is 9. The second-order valence-electron chi connectivity index (χ2n) is 5.96. The van der Waals surface area contributed by atoms with Crippen LogP contribution < -0.4 is 19.1 Å². The van der Waals surface area contributed by atoms with Crippen LogP contribution in [-0.2, 0) is 20.0 Å². The third-order valence-corrected chi connectivity index (χ3v) is 7.19. The Bertz CT molecular complexity index is 1130. The SMILES string of the molecule is COc1cc(OC)nc(N(C)C(=O)NS(=O)(=O)c2ccccc2S(=O)(=O)N(C)C)n1. The minimum Gasteiger partial charge on any atom is -0.481 e. The molecule has 12 nitrogen and oxygen atoms in total. The molecule has 14 heteroatoms. The molecule has 2 amide bonds. The van der Waals surface area contributed by atoms with Gasteiger partial charge in [-0.2, -0.15) is 9.97 Å². The molecule has 0 aliphatic heterocycles. The lowest BCUT2D eigenvalue weighted by Gasteiger charge is -2.19. The van der Waals surface area contributed by atoms with Crippen LogP contribution in [0.4, 0.5) is 10.7 Å². The van der Waals surface area contributed by atoms with Crippen molar-refractivity contribution in [3.8, 4) is 11.8 Å². The van der Waals surface area contributed by atoms with Gasteiger partial charge in [-0.25, -0.2) is 30.7 Å². The molecule has 30 heavy (non-hydrogen) atoms. The molecular formula is C16H21N5O7S2. The Kier molecular flexibility index (Phi) is 6.84. The Balaban J connectivity index is 2.41. The highest BCUT2D eigenvalue weighted by molar-refractivity contribution is 7.92. The number of methoxy groups -OCH3 is 2. The van der Waals surface area contributed by atoms with E-state index in [1.807, 2.05) is 4.72 Å². The van der Waals surface area contributed by atoms with Gasteiger partial charge < -0.3 is 9.47 Å². The van der Waals surface area contributed by atoms with Crippen LogP contribution in [-0.4, -0.2) is 72.5 Å². The molecule has 0 bridgehead atoms. The molecule has 0 fully saturated rings. The van der Waals surface area contributed by atoms with Crippen molar-refractivity contribution in [2.75, 3.05) is 40.3 Å². The number of benzene rings is 1. The van der Waals surface area contributed by atoms with Gasteiger partial charge in [-0.1, -0.05) is 12.1 Å². The van der Waals surface area contributed by atoms with Crippen molar-refractivity contribution in [2.45, 2.75) is 9.79 Å². The van der Waals surface area contributed by atoms with Crippen molar-refractivity contribution in [3.63, 3.8) is 0 Å². The third kappa shape index (κ3) is 4.77. The van der Waals surface area contributed by atoms with E-state index in [1.54, 1.807) is 0 Å². The number of ether oxygens (including phenoxy) is 2. The summed E-state index contributed by atoms with van der Waals surface area (Å²) < 4.78 is 63.2. The summed E-state index contributed by atoms with van der Waals surface area (Å²) in [7, 11) is -2.20. The lowest BCUT2D eigenvalue weighted by Crippen LogP contribution is -2.42. The number of nitrogens with zero attached hydrogens (tertiary/aromatic N) is 4. The largest absolute Gasteiger partial charge is 0.481 e. The molecular weight excluding hydrogens is 438 g/mol. The number of amides is 2. The Labute approximate surface area is 174 Å². The number of urea groups is 1. The maximum absolute atomic E-state index is 12.8. The molecule has 1 N–H and O–H groups in total. The number of nitrogens with one attached hydrogen (secondary N) is 1. The highest BCUT2D eigenvalue weighted by atomic mass is 32.2. The summed E-state index contributed by atoms with van der Waals surface area (Å²) in [6.45, 7) is 0. The first kappa shape index (κ1) is 23.3. The highest BCUT2D eigenvalue weighted by Crippen LogP contribution is 2.23. The van der Waals surface area contributed by atoms with Gasteiger partial charge in [0.2, 0.25) is 27.7 Å². The quantitative estimate of drug-likeness (QED) is 0.616. The molecule has 2 aromatic rings. The zero-order valence-corrected chi connectivity index (χ0v) is 18.5. The van der Waals surface area contributed by atoms with Crippen molar-refractivity contribution < 1.29 is 31.1 Å². The van der Waals surface area contributed by atoms with E-state index in [0.29, 0.717) is 0 Å². The van der Waals surface area contributed by atoms with Gasteiger partial charge in [-0.3, -0.25) is 4.90 Å². The Morgan fingerprint density at radius 3 is 1.90 bits per heavy atom. The molecule has 1 aromatic heterocycles. The Morgan fingerprint density at radius 1 is 0.933 bits per heavy atom. The standard InChI is InChI=1S/C16H21N5O7S2/c1-20(2)30(25,26)12-9-7-6-8-11(12)29(23,24)19-16(22)21(3)15-17-13(27-4)10-14(18-15)28-5/h6-10H,1-5H3,(H,19,22). The number of carbonyl (C=O) groups is 1. The summed E-state index contributed by atoms with van der Waals surface area (Å²) in [6.07, 6.45) is 0. The fraction of sp³-hybridized carbons (Fsp3) is 0.312. The molecule has 0 atom stereocenters. The van der Waals surface area contributed by atoms with Crippen molar-refractivity contribution >= 4 is 32.0 Å². The Morgan fingerprint density at radius 2 is 1.43 bits per heavy atom. The smallest absolute Gasteiger partial charge is 0.337 e. The van der Waals surface area contributed by atoms with E-state index in [9.17, 15) is 21.6 Å². The number of anilines is 1. The molecule has 0 saturated heterocycles. The predicted molar refractivity (Wildman–Crippen MR) is 107 cm³/mol. The summed E-state index contributed by atoms with van der Waals surface area (Å²) in [5, 5.41) is 0. The number of hydrogen-bond donors (Lipinski definition) is 1. The molecule has 0 aliphatic carbocycles. The van der Waals surface area contributed by atoms with E-state index in [2.05, 4.69) is 9.97 Å². The maximum atomic E-state index is 12.8. The fourth-order valence-electron chi connectivity index (χ4n) is 2.16. The van der Waals surface area contributed by atoms with Gasteiger partial charge in [-0.05, 0) is 12.1 Å². The molecule has 0 spiro atoms. The highest BCUT2D eigenvalue weighted by Gasteiger charge is 2.30. The lowest BCUT2D eigenvalue weighted by molar-refractivity contribution is 0.251. The summed E-state index contributed by atoms with van der Waals surface area (Å²) in [6, 6.07) is 5.18. The first-order chi connectivity index (χ1) is 13.9. The van der Waals surface area contributed by atoms with E-state index >= 15 is 0 Å². The molecule has 1 aromatic carbocycles. The topological polar surface area (TPSA) is 148 Å². The monoisotopic (exact) mass is 459 g/mol. The Hall–Kier alpha value is -2.97. The normalized spacial score (nSPS) is 11.8. The fourth-order valence-corrected chi connectivity index (χ4v) is 4.84. The maximum Gasteiger partial charge on any atom is 0.337 e. The first-order valence-corrected chi connectivity index (χ1v) is 11.2. The van der Waals surface area contributed by atoms with E-state index < -0.39 is 35.9 Å². The van der Waals surface area contributed by atoms with Crippen molar-refractivity contribution in [2.24, 2.45) is 0 Å². The van der Waals surface area contributed by atoms with Gasteiger partial charge in [0.25, 0.3) is 10.0 Å². The van der Waals surface area contributed by atoms with Crippen LogP contribution in [0.5, 0.6) is 11.8 Å². The van der Waals surface area contributed by atoms with Crippen molar-refractivity contribution in [3.05, 3.63) is 30.3 Å². The van der Waals surface area contributed by atoms with Crippen molar-refractivity contribution in [1.29, 1.82) is 0 Å². The minimum absolute atomic E-state index is 0.0850. The average molecular weight is 460 g/mol. The second kappa shape index (κ2) is 8.81. The molecule has 1 heterocycles. The first-order valence-electron chi connectivity index (χ1n) is 8.23. The van der Waals surface area contributed by atoms with Crippen LogP contribution in [0.15, 0.2) is 40.1 Å². The van der Waals surface area contributed by atoms with E-state index in [4.69, 9.17) is 9.47 Å². The van der Waals surface area contributed by atoms with Gasteiger partial charge >= 0.3 is 6.03 Å². The minimum atomic E-state index is -4.56. The molecule has 0 unspecified atom stereocenters. The molecule has 0 radical (unpaired) electrons. The molecule has 2 rings (SSSR count). The van der Waals surface area contributed by atoms with E-state index in [0.717, 1.165) is 21.3 Å². The van der Waals surface area contributed by atoms with E-state index in [-0.39, 0.29) is 17.7 Å². The molecule has 0 aliphatic rings.